The zero-order chi connectivity index (χ0) is 13.8. The maximum absolute atomic E-state index is 13.2. The normalized spacial score (nSPS) is 12.6. The molecule has 0 amide bonds. The number of aryl methyl sites for hydroxylation is 2. The molecule has 0 aliphatic carbocycles. The summed E-state index contributed by atoms with van der Waals surface area (Å²) in [5.74, 6) is 4.26. The number of hydrazine groups is 1. The largest absolute Gasteiger partial charge is 0.273 e. The molecule has 2 rings (SSSR count). The minimum atomic E-state index is -0.601. The third-order valence-electron chi connectivity index (χ3n) is 3.10. The SMILES string of the molecule is Cn1nccc1CCC(NN)c1cc(F)cc(F)c1. The molecule has 0 fully saturated rings. The predicted octanol–water partition coefficient (Wildman–Crippen LogP) is 1.84. The van der Waals surface area contributed by atoms with Crippen LogP contribution in [-0.2, 0) is 13.5 Å². The Morgan fingerprint density at radius 1 is 1.32 bits per heavy atom. The van der Waals surface area contributed by atoms with Crippen molar-refractivity contribution in [1.29, 1.82) is 0 Å². The van der Waals surface area contributed by atoms with Crippen molar-refractivity contribution in [2.75, 3.05) is 0 Å². The summed E-state index contributed by atoms with van der Waals surface area (Å²) in [5.41, 5.74) is 4.13. The summed E-state index contributed by atoms with van der Waals surface area (Å²) in [7, 11) is 1.85. The van der Waals surface area contributed by atoms with E-state index < -0.39 is 11.6 Å². The van der Waals surface area contributed by atoms with Crippen molar-refractivity contribution >= 4 is 0 Å². The summed E-state index contributed by atoms with van der Waals surface area (Å²) in [6.07, 6.45) is 3.05. The molecule has 0 aliphatic rings. The van der Waals surface area contributed by atoms with Crippen molar-refractivity contribution < 1.29 is 8.78 Å². The summed E-state index contributed by atoms with van der Waals surface area (Å²) in [4.78, 5) is 0. The van der Waals surface area contributed by atoms with Gasteiger partial charge in [0.2, 0.25) is 0 Å². The fourth-order valence-electron chi connectivity index (χ4n) is 2.06. The highest BCUT2D eigenvalue weighted by molar-refractivity contribution is 5.21. The van der Waals surface area contributed by atoms with E-state index in [2.05, 4.69) is 10.5 Å². The molecule has 0 saturated carbocycles. The Balaban J connectivity index is 2.09. The van der Waals surface area contributed by atoms with Crippen molar-refractivity contribution in [3.05, 3.63) is 53.4 Å². The van der Waals surface area contributed by atoms with E-state index in [1.807, 2.05) is 13.1 Å². The van der Waals surface area contributed by atoms with Gasteiger partial charge in [-0.15, -0.1) is 0 Å². The molecule has 6 heteroatoms. The number of halogens is 2. The molecular formula is C13H16F2N4. The van der Waals surface area contributed by atoms with Gasteiger partial charge in [-0.1, -0.05) is 0 Å². The van der Waals surface area contributed by atoms with Crippen LogP contribution in [0.1, 0.15) is 23.7 Å². The Morgan fingerprint density at radius 3 is 2.53 bits per heavy atom. The van der Waals surface area contributed by atoms with E-state index >= 15 is 0 Å². The Labute approximate surface area is 110 Å². The van der Waals surface area contributed by atoms with Gasteiger partial charge >= 0.3 is 0 Å². The predicted molar refractivity (Wildman–Crippen MR) is 68.0 cm³/mol. The fourth-order valence-corrected chi connectivity index (χ4v) is 2.06. The lowest BCUT2D eigenvalue weighted by atomic mass is 10.0. The molecule has 0 bridgehead atoms. The summed E-state index contributed by atoms with van der Waals surface area (Å²) in [5, 5.41) is 4.07. The number of hydrogen-bond donors (Lipinski definition) is 2. The maximum atomic E-state index is 13.2. The van der Waals surface area contributed by atoms with Crippen LogP contribution >= 0.6 is 0 Å². The minimum absolute atomic E-state index is 0.305. The van der Waals surface area contributed by atoms with Gasteiger partial charge in [-0.25, -0.2) is 8.78 Å². The zero-order valence-electron chi connectivity index (χ0n) is 10.6. The molecule has 0 aliphatic heterocycles. The van der Waals surface area contributed by atoms with Crippen molar-refractivity contribution in [2.45, 2.75) is 18.9 Å². The van der Waals surface area contributed by atoms with Gasteiger partial charge in [0.05, 0.1) is 0 Å². The molecule has 0 saturated heterocycles. The van der Waals surface area contributed by atoms with Crippen molar-refractivity contribution in [3.8, 4) is 0 Å². The molecule has 4 nitrogen and oxygen atoms in total. The smallest absolute Gasteiger partial charge is 0.126 e. The molecule has 0 radical (unpaired) electrons. The van der Waals surface area contributed by atoms with Gasteiger partial charge in [0.1, 0.15) is 11.6 Å². The molecule has 1 atom stereocenters. The van der Waals surface area contributed by atoms with Gasteiger partial charge in [-0.05, 0) is 36.6 Å². The van der Waals surface area contributed by atoms with E-state index in [9.17, 15) is 8.78 Å². The second kappa shape index (κ2) is 5.90. The molecule has 3 N–H and O–H groups in total. The zero-order valence-corrected chi connectivity index (χ0v) is 10.6. The lowest BCUT2D eigenvalue weighted by Gasteiger charge is -2.16. The molecule has 1 heterocycles. The maximum Gasteiger partial charge on any atom is 0.126 e. The molecule has 1 aromatic carbocycles. The average Bonchev–Trinajstić information content (AvgIpc) is 2.75. The average molecular weight is 266 g/mol. The summed E-state index contributed by atoms with van der Waals surface area (Å²) >= 11 is 0. The van der Waals surface area contributed by atoms with E-state index in [4.69, 9.17) is 5.84 Å². The Bertz CT molecular complexity index is 533. The highest BCUT2D eigenvalue weighted by Crippen LogP contribution is 2.20. The minimum Gasteiger partial charge on any atom is -0.273 e. The van der Waals surface area contributed by atoms with Crippen LogP contribution in [-0.4, -0.2) is 9.78 Å². The van der Waals surface area contributed by atoms with Crippen LogP contribution in [0.3, 0.4) is 0 Å². The molecule has 2 aromatic rings. The number of nitrogens with two attached hydrogens (primary N) is 1. The Hall–Kier alpha value is -1.79. The van der Waals surface area contributed by atoms with Crippen LogP contribution in [0.2, 0.25) is 0 Å². The number of benzene rings is 1. The number of hydrogen-bond acceptors (Lipinski definition) is 3. The van der Waals surface area contributed by atoms with Crippen molar-refractivity contribution in [2.24, 2.45) is 12.9 Å². The van der Waals surface area contributed by atoms with Gasteiger partial charge in [-0.2, -0.15) is 5.10 Å². The standard InChI is InChI=1S/C13H16F2N4/c1-19-12(4-5-17-19)2-3-13(18-16)9-6-10(14)8-11(15)7-9/h4-8,13,18H,2-3,16H2,1H3. The highest BCUT2D eigenvalue weighted by atomic mass is 19.1. The third kappa shape index (κ3) is 3.36. The number of nitrogens with zero attached hydrogens (tertiary/aromatic N) is 2. The van der Waals surface area contributed by atoms with Crippen molar-refractivity contribution in [1.82, 2.24) is 15.2 Å². The van der Waals surface area contributed by atoms with E-state index in [0.717, 1.165) is 11.8 Å². The molecule has 0 spiro atoms. The first-order valence-electron chi connectivity index (χ1n) is 5.99. The molecule has 19 heavy (non-hydrogen) atoms. The number of aromatic nitrogens is 2. The van der Waals surface area contributed by atoms with Crippen LogP contribution in [0.25, 0.3) is 0 Å². The number of nitrogens with one attached hydrogen (secondary N) is 1. The molecule has 1 unspecified atom stereocenters. The first-order chi connectivity index (χ1) is 9.10. The van der Waals surface area contributed by atoms with Crippen LogP contribution in [0, 0.1) is 11.6 Å². The monoisotopic (exact) mass is 266 g/mol. The topological polar surface area (TPSA) is 55.9 Å². The van der Waals surface area contributed by atoms with Gasteiger partial charge in [0.15, 0.2) is 0 Å². The van der Waals surface area contributed by atoms with Gasteiger partial charge < -0.3 is 0 Å². The van der Waals surface area contributed by atoms with Gasteiger partial charge in [-0.3, -0.25) is 16.0 Å². The quantitative estimate of drug-likeness (QED) is 0.641. The van der Waals surface area contributed by atoms with E-state index in [-0.39, 0.29) is 6.04 Å². The van der Waals surface area contributed by atoms with Crippen LogP contribution in [0.15, 0.2) is 30.5 Å². The fraction of sp³-hybridized carbons (Fsp3) is 0.308. The first kappa shape index (κ1) is 13.6. The lowest BCUT2D eigenvalue weighted by molar-refractivity contribution is 0.496. The Morgan fingerprint density at radius 2 is 2.00 bits per heavy atom. The second-order valence-electron chi connectivity index (χ2n) is 4.41. The summed E-state index contributed by atoms with van der Waals surface area (Å²) < 4.78 is 28.1. The molecule has 1 aromatic heterocycles. The van der Waals surface area contributed by atoms with Crippen LogP contribution < -0.4 is 11.3 Å². The van der Waals surface area contributed by atoms with Crippen LogP contribution in [0.5, 0.6) is 0 Å². The van der Waals surface area contributed by atoms with E-state index in [0.29, 0.717) is 18.4 Å². The highest BCUT2D eigenvalue weighted by Gasteiger charge is 2.13. The Kier molecular flexibility index (Phi) is 4.24. The third-order valence-corrected chi connectivity index (χ3v) is 3.10. The van der Waals surface area contributed by atoms with E-state index in [1.165, 1.54) is 12.1 Å². The summed E-state index contributed by atoms with van der Waals surface area (Å²) in [6.45, 7) is 0. The first-order valence-corrected chi connectivity index (χ1v) is 5.99. The van der Waals surface area contributed by atoms with Gasteiger partial charge in [0.25, 0.3) is 0 Å². The number of rotatable bonds is 5. The molecule has 102 valence electrons. The summed E-state index contributed by atoms with van der Waals surface area (Å²) in [6, 6.07) is 5.02. The van der Waals surface area contributed by atoms with Gasteiger partial charge in [0, 0.05) is 31.0 Å². The second-order valence-corrected chi connectivity index (χ2v) is 4.41. The van der Waals surface area contributed by atoms with E-state index in [1.54, 1.807) is 10.9 Å². The van der Waals surface area contributed by atoms with Crippen LogP contribution in [0.4, 0.5) is 8.78 Å². The van der Waals surface area contributed by atoms with Crippen molar-refractivity contribution in [3.63, 3.8) is 0 Å². The molecular weight excluding hydrogens is 250 g/mol. The lowest BCUT2D eigenvalue weighted by Crippen LogP contribution is -2.28.